The number of nitrogens with one attached hydrogen (secondary N) is 1. The van der Waals surface area contributed by atoms with Crippen LogP contribution in [0.5, 0.6) is 0 Å². The van der Waals surface area contributed by atoms with Gasteiger partial charge in [0, 0.05) is 30.4 Å². The molecule has 0 aliphatic rings. The molecular formula is C12H15N3S. The van der Waals surface area contributed by atoms with Gasteiger partial charge in [-0.3, -0.25) is 4.98 Å². The van der Waals surface area contributed by atoms with E-state index >= 15 is 0 Å². The summed E-state index contributed by atoms with van der Waals surface area (Å²) >= 11 is 1.69. The topological polar surface area (TPSA) is 37.8 Å². The summed E-state index contributed by atoms with van der Waals surface area (Å²) in [4.78, 5) is 8.43. The van der Waals surface area contributed by atoms with Gasteiger partial charge in [0.05, 0.1) is 10.7 Å². The lowest BCUT2D eigenvalue weighted by Gasteiger charge is -2.12. The van der Waals surface area contributed by atoms with Gasteiger partial charge >= 0.3 is 0 Å². The average molecular weight is 233 g/mol. The van der Waals surface area contributed by atoms with Gasteiger partial charge < -0.3 is 5.32 Å². The third-order valence-electron chi connectivity index (χ3n) is 2.46. The summed E-state index contributed by atoms with van der Waals surface area (Å²) in [6, 6.07) is 4.39. The fourth-order valence-corrected chi connectivity index (χ4v) is 2.13. The first-order valence-electron chi connectivity index (χ1n) is 5.30. The zero-order chi connectivity index (χ0) is 11.4. The molecule has 4 heteroatoms. The van der Waals surface area contributed by atoms with E-state index in [0.29, 0.717) is 6.04 Å². The van der Waals surface area contributed by atoms with Gasteiger partial charge in [-0.2, -0.15) is 0 Å². The third kappa shape index (κ3) is 2.87. The normalized spacial score (nSPS) is 12.6. The number of hydrogen-bond acceptors (Lipinski definition) is 4. The molecule has 0 amide bonds. The van der Waals surface area contributed by atoms with Crippen molar-refractivity contribution in [2.24, 2.45) is 0 Å². The highest BCUT2D eigenvalue weighted by Gasteiger charge is 2.05. The van der Waals surface area contributed by atoms with Gasteiger partial charge in [0.2, 0.25) is 0 Å². The SMILES string of the molecule is Cc1nc(CN[C@H](C)c2ccncc2)cs1. The Morgan fingerprint density at radius 3 is 2.75 bits per heavy atom. The lowest BCUT2D eigenvalue weighted by molar-refractivity contribution is 0.568. The zero-order valence-electron chi connectivity index (χ0n) is 9.47. The molecule has 0 unspecified atom stereocenters. The maximum atomic E-state index is 4.42. The number of aromatic nitrogens is 2. The van der Waals surface area contributed by atoms with Crippen molar-refractivity contribution < 1.29 is 0 Å². The van der Waals surface area contributed by atoms with Crippen LogP contribution in [0.15, 0.2) is 29.9 Å². The minimum absolute atomic E-state index is 0.324. The fourth-order valence-electron chi connectivity index (χ4n) is 1.52. The summed E-state index contributed by atoms with van der Waals surface area (Å²) in [6.07, 6.45) is 3.64. The number of aryl methyl sites for hydroxylation is 1. The summed E-state index contributed by atoms with van der Waals surface area (Å²) in [5.74, 6) is 0. The van der Waals surface area contributed by atoms with Crippen LogP contribution in [0, 0.1) is 6.92 Å². The van der Waals surface area contributed by atoms with Crippen molar-refractivity contribution in [3.8, 4) is 0 Å². The second kappa shape index (κ2) is 5.18. The fraction of sp³-hybridized carbons (Fsp3) is 0.333. The van der Waals surface area contributed by atoms with E-state index in [-0.39, 0.29) is 0 Å². The van der Waals surface area contributed by atoms with E-state index in [1.165, 1.54) is 5.56 Å². The van der Waals surface area contributed by atoms with Crippen LogP contribution in [-0.4, -0.2) is 9.97 Å². The molecule has 0 fully saturated rings. The molecule has 84 valence electrons. The number of thiazole rings is 1. The van der Waals surface area contributed by atoms with Crippen molar-refractivity contribution >= 4 is 11.3 Å². The predicted molar refractivity (Wildman–Crippen MR) is 66.3 cm³/mol. The summed E-state index contributed by atoms with van der Waals surface area (Å²) in [5.41, 5.74) is 2.37. The second-order valence-corrected chi connectivity index (χ2v) is 4.80. The minimum Gasteiger partial charge on any atom is -0.305 e. The zero-order valence-corrected chi connectivity index (χ0v) is 10.3. The van der Waals surface area contributed by atoms with E-state index in [1.54, 1.807) is 11.3 Å². The van der Waals surface area contributed by atoms with Crippen LogP contribution in [0.4, 0.5) is 0 Å². The molecule has 0 aliphatic carbocycles. The first kappa shape index (κ1) is 11.2. The molecule has 0 bridgehead atoms. The van der Waals surface area contributed by atoms with Crippen molar-refractivity contribution in [2.75, 3.05) is 0 Å². The second-order valence-electron chi connectivity index (χ2n) is 3.74. The van der Waals surface area contributed by atoms with Gasteiger partial charge in [-0.25, -0.2) is 4.98 Å². The van der Waals surface area contributed by atoms with Gasteiger partial charge in [0.25, 0.3) is 0 Å². The Kier molecular flexibility index (Phi) is 3.64. The molecule has 2 heterocycles. The molecule has 2 rings (SSSR count). The van der Waals surface area contributed by atoms with Crippen molar-refractivity contribution in [3.63, 3.8) is 0 Å². The van der Waals surface area contributed by atoms with Gasteiger partial charge in [0.1, 0.15) is 0 Å². The molecule has 1 atom stereocenters. The molecule has 2 aromatic heterocycles. The molecule has 2 aromatic rings. The summed E-state index contributed by atoms with van der Waals surface area (Å²) in [6.45, 7) is 4.99. The van der Waals surface area contributed by atoms with Crippen molar-refractivity contribution in [2.45, 2.75) is 26.4 Å². The van der Waals surface area contributed by atoms with Gasteiger partial charge in [-0.15, -0.1) is 11.3 Å². The van der Waals surface area contributed by atoms with Crippen molar-refractivity contribution in [3.05, 3.63) is 46.2 Å². The molecule has 0 radical (unpaired) electrons. The maximum Gasteiger partial charge on any atom is 0.0897 e. The number of rotatable bonds is 4. The molecule has 3 nitrogen and oxygen atoms in total. The van der Waals surface area contributed by atoms with E-state index in [1.807, 2.05) is 31.5 Å². The highest BCUT2D eigenvalue weighted by molar-refractivity contribution is 7.09. The summed E-state index contributed by atoms with van der Waals surface area (Å²) in [5, 5.41) is 6.66. The van der Waals surface area contributed by atoms with Crippen LogP contribution in [0.25, 0.3) is 0 Å². The first-order valence-corrected chi connectivity index (χ1v) is 6.18. The Morgan fingerprint density at radius 1 is 1.38 bits per heavy atom. The lowest BCUT2D eigenvalue weighted by Crippen LogP contribution is -2.18. The van der Waals surface area contributed by atoms with Crippen LogP contribution in [0.3, 0.4) is 0 Å². The molecule has 0 saturated heterocycles. The maximum absolute atomic E-state index is 4.42. The largest absolute Gasteiger partial charge is 0.305 e. The predicted octanol–water partition coefficient (Wildman–Crippen LogP) is 2.70. The van der Waals surface area contributed by atoms with Crippen LogP contribution < -0.4 is 5.32 Å². The van der Waals surface area contributed by atoms with Crippen molar-refractivity contribution in [1.29, 1.82) is 0 Å². The molecular weight excluding hydrogens is 218 g/mol. The Balaban J connectivity index is 1.91. The molecule has 0 aromatic carbocycles. The standard InChI is InChI=1S/C12H15N3S/c1-9(11-3-5-13-6-4-11)14-7-12-8-16-10(2)15-12/h3-6,8-9,14H,7H2,1-2H3/t9-/m1/s1. The highest BCUT2D eigenvalue weighted by atomic mass is 32.1. The Labute approximate surface area is 99.6 Å². The Bertz CT molecular complexity index is 439. The summed E-state index contributed by atoms with van der Waals surface area (Å²) < 4.78 is 0. The van der Waals surface area contributed by atoms with Crippen LogP contribution >= 0.6 is 11.3 Å². The molecule has 1 N–H and O–H groups in total. The Hall–Kier alpha value is -1.26. The van der Waals surface area contributed by atoms with E-state index in [0.717, 1.165) is 17.2 Å². The highest BCUT2D eigenvalue weighted by Crippen LogP contribution is 2.12. The number of nitrogens with zero attached hydrogens (tertiary/aromatic N) is 2. The first-order chi connectivity index (χ1) is 7.75. The van der Waals surface area contributed by atoms with E-state index in [9.17, 15) is 0 Å². The summed E-state index contributed by atoms with van der Waals surface area (Å²) in [7, 11) is 0. The minimum atomic E-state index is 0.324. The van der Waals surface area contributed by atoms with Gasteiger partial charge in [-0.05, 0) is 31.5 Å². The lowest BCUT2D eigenvalue weighted by atomic mass is 10.1. The van der Waals surface area contributed by atoms with Crippen LogP contribution in [-0.2, 0) is 6.54 Å². The van der Waals surface area contributed by atoms with Crippen molar-refractivity contribution in [1.82, 2.24) is 15.3 Å². The molecule has 0 saturated carbocycles. The average Bonchev–Trinajstić information content (AvgIpc) is 2.73. The Morgan fingerprint density at radius 2 is 2.12 bits per heavy atom. The molecule has 0 aliphatic heterocycles. The van der Waals surface area contributed by atoms with E-state index in [4.69, 9.17) is 0 Å². The van der Waals surface area contributed by atoms with E-state index in [2.05, 4.69) is 27.6 Å². The monoisotopic (exact) mass is 233 g/mol. The molecule has 16 heavy (non-hydrogen) atoms. The third-order valence-corrected chi connectivity index (χ3v) is 3.28. The smallest absolute Gasteiger partial charge is 0.0897 e. The van der Waals surface area contributed by atoms with Gasteiger partial charge in [-0.1, -0.05) is 0 Å². The van der Waals surface area contributed by atoms with E-state index < -0.39 is 0 Å². The van der Waals surface area contributed by atoms with Crippen LogP contribution in [0.1, 0.15) is 29.2 Å². The number of pyridine rings is 1. The van der Waals surface area contributed by atoms with Gasteiger partial charge in [0.15, 0.2) is 0 Å². The van der Waals surface area contributed by atoms with Crippen LogP contribution in [0.2, 0.25) is 0 Å². The quantitative estimate of drug-likeness (QED) is 0.882. The molecule has 0 spiro atoms. The number of hydrogen-bond donors (Lipinski definition) is 1.